The summed E-state index contributed by atoms with van der Waals surface area (Å²) in [5.74, 6) is -0.629. The molecule has 2 N–H and O–H groups in total. The fraction of sp³-hybridized carbons (Fsp3) is 0.650. The highest BCUT2D eigenvalue weighted by Crippen LogP contribution is 2.55. The number of primary amides is 1. The molecule has 3 rings (SSSR count). The van der Waals surface area contributed by atoms with Crippen LogP contribution in [-0.2, 0) is 4.74 Å². The van der Waals surface area contributed by atoms with Gasteiger partial charge in [0.2, 0.25) is 0 Å². The third kappa shape index (κ3) is 3.11. The monoisotopic (exact) mass is 359 g/mol. The maximum Gasteiger partial charge on any atom is 0.272 e. The van der Waals surface area contributed by atoms with Crippen LogP contribution in [0.15, 0.2) is 12.3 Å². The summed E-state index contributed by atoms with van der Waals surface area (Å²) in [4.78, 5) is 30.4. The van der Waals surface area contributed by atoms with E-state index in [9.17, 15) is 9.59 Å². The van der Waals surface area contributed by atoms with Crippen LogP contribution >= 0.6 is 0 Å². The molecule has 2 aliphatic carbocycles. The molecule has 1 heterocycles. The van der Waals surface area contributed by atoms with Gasteiger partial charge in [-0.3, -0.25) is 14.6 Å². The first-order valence-electron chi connectivity index (χ1n) is 9.56. The Labute approximate surface area is 155 Å². The van der Waals surface area contributed by atoms with Gasteiger partial charge in [0.1, 0.15) is 5.69 Å². The van der Waals surface area contributed by atoms with E-state index in [2.05, 4.69) is 4.98 Å². The van der Waals surface area contributed by atoms with Crippen LogP contribution in [0.25, 0.3) is 0 Å². The zero-order chi connectivity index (χ0) is 18.9. The first-order chi connectivity index (χ1) is 12.4. The Morgan fingerprint density at radius 1 is 1.35 bits per heavy atom. The highest BCUT2D eigenvalue weighted by Gasteiger charge is 2.57. The van der Waals surface area contributed by atoms with Crippen molar-refractivity contribution < 1.29 is 14.3 Å². The first kappa shape index (κ1) is 18.8. The number of pyridine rings is 1. The molecule has 0 bridgehead atoms. The number of ether oxygens (including phenoxy) is 1. The Bertz CT molecular complexity index is 698. The third-order valence-electron chi connectivity index (χ3n) is 6.28. The summed E-state index contributed by atoms with van der Waals surface area (Å²) in [6.45, 7) is 4.52. The Morgan fingerprint density at radius 2 is 2.04 bits per heavy atom. The van der Waals surface area contributed by atoms with Crippen molar-refractivity contribution in [3.05, 3.63) is 29.1 Å². The van der Waals surface area contributed by atoms with Crippen molar-refractivity contribution in [2.24, 2.45) is 11.1 Å². The highest BCUT2D eigenvalue weighted by molar-refractivity contribution is 5.96. The molecule has 0 radical (unpaired) electrons. The molecule has 142 valence electrons. The minimum atomic E-state index is -0.526. The summed E-state index contributed by atoms with van der Waals surface area (Å²) in [7, 11) is 1.87. The van der Waals surface area contributed by atoms with Gasteiger partial charge in [0.05, 0.1) is 11.7 Å². The van der Waals surface area contributed by atoms with Crippen LogP contribution in [-0.4, -0.2) is 47.5 Å². The predicted octanol–water partition coefficient (Wildman–Crippen LogP) is 2.69. The average Bonchev–Trinajstić information content (AvgIpc) is 2.64. The number of rotatable bonds is 5. The second-order valence-corrected chi connectivity index (χ2v) is 7.65. The molecule has 1 aromatic heterocycles. The smallest absolute Gasteiger partial charge is 0.272 e. The quantitative estimate of drug-likeness (QED) is 0.876. The number of carbonyl (C=O) groups excluding carboxylic acids is 2. The number of hydrogen-bond acceptors (Lipinski definition) is 4. The number of nitrogens with two attached hydrogens (primary N) is 1. The average molecular weight is 359 g/mol. The molecule has 26 heavy (non-hydrogen) atoms. The fourth-order valence-electron chi connectivity index (χ4n) is 4.82. The second-order valence-electron chi connectivity index (χ2n) is 7.65. The molecule has 2 aliphatic rings. The molecule has 2 amide bonds. The molecule has 2 unspecified atom stereocenters. The van der Waals surface area contributed by atoms with Crippen molar-refractivity contribution >= 4 is 11.8 Å². The Morgan fingerprint density at radius 3 is 2.62 bits per heavy atom. The van der Waals surface area contributed by atoms with Crippen LogP contribution in [0, 0.1) is 12.3 Å². The van der Waals surface area contributed by atoms with Crippen LogP contribution in [0.4, 0.5) is 0 Å². The van der Waals surface area contributed by atoms with E-state index in [1.807, 2.05) is 18.9 Å². The molecule has 1 aromatic rings. The van der Waals surface area contributed by atoms with Crippen molar-refractivity contribution in [3.8, 4) is 0 Å². The number of nitrogens with zero attached hydrogens (tertiary/aromatic N) is 2. The van der Waals surface area contributed by atoms with Gasteiger partial charge in [-0.05, 0) is 44.7 Å². The molecule has 2 saturated carbocycles. The van der Waals surface area contributed by atoms with Gasteiger partial charge in [-0.25, -0.2) is 0 Å². The summed E-state index contributed by atoms with van der Waals surface area (Å²) in [6, 6.07) is 1.84. The van der Waals surface area contributed by atoms with Crippen LogP contribution in [0.1, 0.15) is 71.9 Å². The SMILES string of the molecule is CCOC1CC(N(C)C(=O)c2cc(C)c(C(N)=O)cn2)C12CCCCC2. The Balaban J connectivity index is 1.80. The number of aryl methyl sites for hydroxylation is 1. The minimum absolute atomic E-state index is 0.0842. The molecule has 6 nitrogen and oxygen atoms in total. The van der Waals surface area contributed by atoms with E-state index in [4.69, 9.17) is 10.5 Å². The van der Waals surface area contributed by atoms with E-state index in [1.165, 1.54) is 25.5 Å². The predicted molar refractivity (Wildman–Crippen MR) is 98.9 cm³/mol. The summed E-state index contributed by atoms with van der Waals surface area (Å²) in [5.41, 5.74) is 6.81. The molecule has 2 atom stereocenters. The zero-order valence-electron chi connectivity index (χ0n) is 16.0. The molecular weight excluding hydrogens is 330 g/mol. The van der Waals surface area contributed by atoms with Crippen LogP contribution < -0.4 is 5.73 Å². The van der Waals surface area contributed by atoms with E-state index >= 15 is 0 Å². The minimum Gasteiger partial charge on any atom is -0.378 e. The lowest BCUT2D eigenvalue weighted by molar-refractivity contribution is -0.170. The van der Waals surface area contributed by atoms with Crippen LogP contribution in [0.3, 0.4) is 0 Å². The van der Waals surface area contributed by atoms with Gasteiger partial charge >= 0.3 is 0 Å². The summed E-state index contributed by atoms with van der Waals surface area (Å²) >= 11 is 0. The van der Waals surface area contributed by atoms with Gasteiger partial charge in [-0.15, -0.1) is 0 Å². The zero-order valence-corrected chi connectivity index (χ0v) is 16.0. The van der Waals surface area contributed by atoms with Crippen molar-refractivity contribution in [1.82, 2.24) is 9.88 Å². The molecule has 0 saturated heterocycles. The third-order valence-corrected chi connectivity index (χ3v) is 6.28. The van der Waals surface area contributed by atoms with Crippen molar-refractivity contribution in [1.29, 1.82) is 0 Å². The van der Waals surface area contributed by atoms with Gasteiger partial charge in [-0.2, -0.15) is 0 Å². The van der Waals surface area contributed by atoms with Crippen molar-refractivity contribution in [2.45, 2.75) is 64.5 Å². The van der Waals surface area contributed by atoms with Crippen molar-refractivity contribution in [2.75, 3.05) is 13.7 Å². The van der Waals surface area contributed by atoms with Gasteiger partial charge in [-0.1, -0.05) is 19.3 Å². The summed E-state index contributed by atoms with van der Waals surface area (Å²) in [6.07, 6.45) is 8.44. The van der Waals surface area contributed by atoms with Gasteiger partial charge in [0, 0.05) is 31.3 Å². The standard InChI is InChI=1S/C20H29N3O3/c1-4-26-17-11-16(20(17)8-6-5-7-9-20)23(3)19(25)15-10-13(2)14(12-22-15)18(21)24/h10,12,16-17H,4-9,11H2,1-3H3,(H2,21,24). The maximum atomic E-state index is 13.0. The first-order valence-corrected chi connectivity index (χ1v) is 9.56. The van der Waals surface area contributed by atoms with E-state index in [1.54, 1.807) is 13.0 Å². The lowest BCUT2D eigenvalue weighted by atomic mass is 9.54. The molecule has 1 spiro atoms. The molecule has 0 aromatic carbocycles. The Hall–Kier alpha value is -1.95. The number of hydrogen-bond donors (Lipinski definition) is 1. The molecule has 2 fully saturated rings. The van der Waals surface area contributed by atoms with E-state index in [0.29, 0.717) is 23.4 Å². The molecular formula is C20H29N3O3. The van der Waals surface area contributed by atoms with Crippen molar-refractivity contribution in [3.63, 3.8) is 0 Å². The lowest BCUT2D eigenvalue weighted by Gasteiger charge is -2.60. The largest absolute Gasteiger partial charge is 0.378 e. The van der Waals surface area contributed by atoms with E-state index in [0.717, 1.165) is 19.3 Å². The molecule has 0 aliphatic heterocycles. The van der Waals surface area contributed by atoms with Crippen LogP contribution in [0.2, 0.25) is 0 Å². The molecule has 6 heteroatoms. The summed E-state index contributed by atoms with van der Waals surface area (Å²) < 4.78 is 5.99. The van der Waals surface area contributed by atoms with E-state index < -0.39 is 5.91 Å². The van der Waals surface area contributed by atoms with Gasteiger partial charge < -0.3 is 15.4 Å². The topological polar surface area (TPSA) is 85.5 Å². The normalized spacial score (nSPS) is 24.1. The lowest BCUT2D eigenvalue weighted by Crippen LogP contribution is -2.65. The number of amides is 2. The maximum absolute atomic E-state index is 13.0. The van der Waals surface area contributed by atoms with Crippen LogP contribution in [0.5, 0.6) is 0 Å². The van der Waals surface area contributed by atoms with Gasteiger partial charge in [0.15, 0.2) is 0 Å². The Kier molecular flexibility index (Phi) is 5.32. The van der Waals surface area contributed by atoms with Gasteiger partial charge in [0.25, 0.3) is 11.8 Å². The fourth-order valence-corrected chi connectivity index (χ4v) is 4.82. The highest BCUT2D eigenvalue weighted by atomic mass is 16.5. The summed E-state index contributed by atoms with van der Waals surface area (Å²) in [5, 5.41) is 0. The van der Waals surface area contributed by atoms with E-state index in [-0.39, 0.29) is 23.5 Å². The number of carbonyl (C=O) groups is 2. The second kappa shape index (κ2) is 7.35. The number of aromatic nitrogens is 1.